The van der Waals surface area contributed by atoms with Crippen LogP contribution in [0.1, 0.15) is 115 Å². The first-order chi connectivity index (χ1) is 64.6. The fourth-order valence-electron chi connectivity index (χ4n) is 14.5. The Morgan fingerprint density at radius 3 is 1.06 bits per heavy atom. The van der Waals surface area contributed by atoms with Crippen molar-refractivity contribution < 1.29 is 94.0 Å². The van der Waals surface area contributed by atoms with E-state index >= 15 is 0 Å². The Bertz CT molecular complexity index is 5560. The molecule has 2 unspecified atom stereocenters. The Kier molecular flexibility index (Phi) is 45.8. The highest BCUT2D eigenvalue weighted by molar-refractivity contribution is 7.85. The number of dihydropyridines is 2. The summed E-state index contributed by atoms with van der Waals surface area (Å²) < 4.78 is 76.5. The Hall–Kier alpha value is -13.0. The lowest BCUT2D eigenvalue weighted by molar-refractivity contribution is -0.147. The molecule has 2 heterocycles. The van der Waals surface area contributed by atoms with Gasteiger partial charge in [-0.25, -0.2) is 24.0 Å². The number of methoxy groups -OCH3 is 3. The molecule has 10 aromatic rings. The van der Waals surface area contributed by atoms with Crippen LogP contribution < -0.4 is 32.7 Å². The molecule has 0 radical (unpaired) electrons. The normalized spacial score (nSPS) is 13.5. The number of rotatable bonds is 36. The Labute approximate surface area is 797 Å². The zero-order valence-corrected chi connectivity index (χ0v) is 79.1. The second kappa shape index (κ2) is 56.8. The van der Waals surface area contributed by atoms with Crippen LogP contribution in [-0.4, -0.2) is 161 Å². The van der Waals surface area contributed by atoms with Crippen LogP contribution in [0.4, 0.5) is 0 Å². The van der Waals surface area contributed by atoms with E-state index in [1.54, 1.807) is 126 Å². The predicted octanol–water partition coefficient (Wildman–Crippen LogP) is 16.4. The number of aldehydes is 1. The zero-order valence-electron chi connectivity index (χ0n) is 76.0. The molecule has 0 bridgehead atoms. The molecule has 30 heteroatoms. The van der Waals surface area contributed by atoms with E-state index in [0.29, 0.717) is 105 Å². The third-order valence-electron chi connectivity index (χ3n) is 20.3. The van der Waals surface area contributed by atoms with Gasteiger partial charge in [0.1, 0.15) is 13.0 Å². The summed E-state index contributed by atoms with van der Waals surface area (Å²) in [7, 11) is -0.0924. The number of carbonyl (C=O) groups excluding carboxylic acids is 8. The lowest BCUT2D eigenvalue weighted by atomic mass is 9.77. The van der Waals surface area contributed by atoms with Crippen LogP contribution in [0.2, 0.25) is 15.1 Å². The number of carbonyl (C=O) groups is 8. The van der Waals surface area contributed by atoms with Crippen molar-refractivity contribution in [3.05, 3.63) is 407 Å². The summed E-state index contributed by atoms with van der Waals surface area (Å²) >= 11 is 18.7. The van der Waals surface area contributed by atoms with Gasteiger partial charge in [-0.1, -0.05) is 290 Å². The molecule has 26 nitrogen and oxygen atoms in total. The molecule has 0 saturated heterocycles. The summed E-state index contributed by atoms with van der Waals surface area (Å²) in [6.07, 6.45) is 1.70. The minimum absolute atomic E-state index is 0.0670. The van der Waals surface area contributed by atoms with Gasteiger partial charge >= 0.3 is 35.8 Å². The Morgan fingerprint density at radius 1 is 0.440 bits per heavy atom. The van der Waals surface area contributed by atoms with Crippen LogP contribution in [0, 0.1) is 0 Å². The molecule has 0 fully saturated rings. The lowest BCUT2D eigenvalue weighted by Gasteiger charge is -2.37. The van der Waals surface area contributed by atoms with Crippen LogP contribution >= 0.6 is 34.8 Å². The average molecular weight is 1910 g/mol. The zero-order chi connectivity index (χ0) is 97.4. The topological polar surface area (TPSA) is 374 Å². The second-order valence-corrected chi connectivity index (χ2v) is 31.9. The third-order valence-corrected chi connectivity index (χ3v) is 22.2. The number of ether oxygens (including phenoxy) is 9. The maximum Gasteiger partial charge on any atom is 0.336 e. The lowest BCUT2D eigenvalue weighted by Crippen LogP contribution is -2.46. The number of allylic oxidation sites excluding steroid dienone is 3. The predicted molar refractivity (Wildman–Crippen MR) is 517 cm³/mol. The van der Waals surface area contributed by atoms with Crippen molar-refractivity contribution >= 4 is 92.8 Å². The minimum Gasteiger partial charge on any atom is -0.466 e. The highest BCUT2D eigenvalue weighted by atomic mass is 35.5. The van der Waals surface area contributed by atoms with Crippen molar-refractivity contribution in [3.8, 4) is 0 Å². The molecule has 10 aromatic carbocycles. The fourth-order valence-corrected chi connectivity index (χ4v) is 15.7. The molecular weight excluding hydrogens is 1790 g/mol. The molecule has 9 N–H and O–H groups in total. The van der Waals surface area contributed by atoms with Gasteiger partial charge in [-0.3, -0.25) is 29.6 Å². The van der Waals surface area contributed by atoms with Gasteiger partial charge in [0.25, 0.3) is 10.1 Å². The van der Waals surface area contributed by atoms with Crippen LogP contribution in [0.25, 0.3) is 0 Å². The van der Waals surface area contributed by atoms with Crippen molar-refractivity contribution in [3.63, 3.8) is 0 Å². The van der Waals surface area contributed by atoms with Gasteiger partial charge in [-0.05, 0) is 116 Å². The van der Waals surface area contributed by atoms with Crippen LogP contribution in [0.15, 0.2) is 347 Å². The van der Waals surface area contributed by atoms with Gasteiger partial charge in [0.05, 0.1) is 141 Å². The number of nitrogens with one attached hydrogen (secondary N) is 4. The number of halogens is 3. The number of hydrogen-bond donors (Lipinski definition) is 7. The Balaban J connectivity index is 0.000000245. The first-order valence-electron chi connectivity index (χ1n) is 42.7. The molecule has 0 aromatic heterocycles. The highest BCUT2D eigenvalue weighted by Crippen LogP contribution is 2.45. The summed E-state index contributed by atoms with van der Waals surface area (Å²) in [4.78, 5) is 95.7. The first-order valence-corrected chi connectivity index (χ1v) is 45.3. The van der Waals surface area contributed by atoms with Crippen LogP contribution in [0.5, 0.6) is 0 Å². The van der Waals surface area contributed by atoms with Gasteiger partial charge in [0.15, 0.2) is 12.1 Å². The van der Waals surface area contributed by atoms with Gasteiger partial charge in [0, 0.05) is 58.4 Å². The Morgan fingerprint density at radius 2 is 0.769 bits per heavy atom. The molecule has 2 aliphatic heterocycles. The number of esters is 6. The van der Waals surface area contributed by atoms with Gasteiger partial charge in [-0.2, -0.15) is 8.42 Å². The van der Waals surface area contributed by atoms with E-state index < -0.39 is 68.8 Å². The molecule has 134 heavy (non-hydrogen) atoms. The number of nitrogens with two attached hydrogens (primary N) is 2. The fraction of sp³-hybridized carbons (Fsp3) is 0.250. The van der Waals surface area contributed by atoms with E-state index in [-0.39, 0.29) is 73.5 Å². The number of ketones is 1. The van der Waals surface area contributed by atoms with Crippen molar-refractivity contribution in [2.75, 3.05) is 100 Å². The van der Waals surface area contributed by atoms with E-state index in [2.05, 4.69) is 98.8 Å². The maximum absolute atomic E-state index is 13.6. The number of benzene rings is 10. The quantitative estimate of drug-likeness (QED) is 0.00280. The highest BCUT2D eigenvalue weighted by Gasteiger charge is 2.43. The molecule has 0 saturated carbocycles. The molecule has 0 amide bonds. The third kappa shape index (κ3) is 31.3. The van der Waals surface area contributed by atoms with E-state index in [0.717, 1.165) is 39.7 Å². The molecule has 2 aliphatic rings. The SMILES string of the molecule is CCOC(=O)C1=C(COCCN)NC(C)=C(C(=O)OC)C1c1ccccc1Cl.CCOC(=O)C1=C(COCCNC(c2ccccc2)(c2ccccc2)c2ccccc2)NC(C)=C(C(=O)OC)C1c1ccccc1Cl.CCOC(=O)CC(=O)COCCNC(c1ccccc1)(c1ccccc1)c1ccccc1.COC(=O)/C=C(/C)N.O=Cc1ccccc1Cl.O=S(=O)(O)c1ccccc1. The van der Waals surface area contributed by atoms with Gasteiger partial charge in [0.2, 0.25) is 0 Å². The smallest absolute Gasteiger partial charge is 0.336 e. The molecule has 2 atom stereocenters. The van der Waals surface area contributed by atoms with Crippen molar-refractivity contribution in [1.82, 2.24) is 21.3 Å². The van der Waals surface area contributed by atoms with Crippen molar-refractivity contribution in [1.29, 1.82) is 0 Å². The summed E-state index contributed by atoms with van der Waals surface area (Å²) in [5.41, 5.74) is 21.4. The van der Waals surface area contributed by atoms with Crippen LogP contribution in [0.3, 0.4) is 0 Å². The standard InChI is InChI=1S/C39H39ClN2O5.C27H29NO4.C20H25ClN2O5.C7H5ClO.C6H6O3S.C5H9NO2/c1-4-47-38(44)36-33(42-27(2)34(37(43)45-3)35(36)31-22-14-15-23-32(31)40)26-46-25-24-41-39(28-16-8-5-9-17-28,29-18-10-6-11-19-29)30-20-12-7-13-21-30;1-2-32-26(30)20-25(29)21-31-19-18-28-27(22-12-6-3-7-13-22,23-14-8-4-9-15-23)24-16-10-5-11-17-24;1-4-28-20(25)18-15(11-27-10-9-22)23-12(2)16(19(24)26-3)17(18)13-7-5-6-8-14(13)21;8-7-4-2-1-3-6(7)5-9;7-10(8,9)6-4-2-1-3-5-6;1-4(6)3-5(7)8-2/h5-23,35,41-42H,4,24-26H2,1-3H3;3-17,28H,2,18-21H2,1H3;5-8,17,23H,4,9-11,22H2,1-3H3;1-5H;1-5H,(H,7,8,9);3H,6H2,1-2H3/b;;;;;4-3-. The summed E-state index contributed by atoms with van der Waals surface area (Å²) in [5.74, 6) is -5.02. The molecule has 706 valence electrons. The van der Waals surface area contributed by atoms with Crippen molar-refractivity contribution in [2.45, 2.75) is 75.8 Å². The first kappa shape index (κ1) is 108. The monoisotopic (exact) mass is 1900 g/mol. The van der Waals surface area contributed by atoms with E-state index in [9.17, 15) is 46.8 Å². The molecule has 0 spiro atoms. The van der Waals surface area contributed by atoms with E-state index in [1.807, 2.05) is 115 Å². The number of hydrogen-bond acceptors (Lipinski definition) is 25. The van der Waals surface area contributed by atoms with Gasteiger partial charge in [-0.15, -0.1) is 0 Å². The van der Waals surface area contributed by atoms with Crippen molar-refractivity contribution in [2.24, 2.45) is 11.5 Å². The minimum atomic E-state index is -4.00. The maximum atomic E-state index is 13.6. The molecular formula is C104H113Cl3N6O20S. The molecule has 0 aliphatic carbocycles. The second-order valence-electron chi connectivity index (χ2n) is 29.3. The van der Waals surface area contributed by atoms with E-state index in [1.165, 1.54) is 39.5 Å². The van der Waals surface area contributed by atoms with E-state index in [4.69, 9.17) is 88.7 Å². The van der Waals surface area contributed by atoms with Gasteiger partial charge < -0.3 is 64.7 Å². The largest absolute Gasteiger partial charge is 0.466 e. The summed E-state index contributed by atoms with van der Waals surface area (Å²) in [5, 5.41) is 15.2. The average Bonchev–Trinajstić information content (AvgIpc) is 0.776. The van der Waals surface area contributed by atoms with Crippen LogP contribution in [-0.2, 0) is 97.4 Å². The summed E-state index contributed by atoms with van der Waals surface area (Å²) in [6, 6.07) is 90.4. The summed E-state index contributed by atoms with van der Waals surface area (Å²) in [6.45, 7) is 13.3. The molecule has 12 rings (SSSR count). The number of Topliss-reactive ketones (excluding diaryl/α,β-unsaturated/α-hetero) is 1.